The Bertz CT molecular complexity index is 593. The largest absolute Gasteiger partial charge is 0.365 e. The molecule has 3 rings (SSSR count). The molecule has 4 nitrogen and oxygen atoms in total. The molecule has 20 heavy (non-hydrogen) atoms. The number of hydrogen-bond donors (Lipinski definition) is 1. The van der Waals surface area contributed by atoms with Gasteiger partial charge in [0.2, 0.25) is 0 Å². The quantitative estimate of drug-likeness (QED) is 0.943. The fourth-order valence-corrected chi connectivity index (χ4v) is 2.97. The summed E-state index contributed by atoms with van der Waals surface area (Å²) in [5.41, 5.74) is 0. The van der Waals surface area contributed by atoms with Gasteiger partial charge in [0, 0.05) is 29.9 Å². The molecule has 0 bridgehead atoms. The van der Waals surface area contributed by atoms with Crippen LogP contribution in [0.5, 0.6) is 0 Å². The number of nitrogens with one attached hydrogen (secondary N) is 1. The molecule has 0 atom stereocenters. The number of benzene rings is 1. The Morgan fingerprint density at radius 1 is 1.20 bits per heavy atom. The fraction of sp³-hybridized carbons (Fsp3) is 0.467. The van der Waals surface area contributed by atoms with E-state index in [0.29, 0.717) is 11.2 Å². The second-order valence-electron chi connectivity index (χ2n) is 5.24. The van der Waals surface area contributed by atoms with Crippen molar-refractivity contribution in [3.8, 4) is 0 Å². The first-order chi connectivity index (χ1) is 9.78. The second kappa shape index (κ2) is 5.94. The van der Waals surface area contributed by atoms with Crippen molar-refractivity contribution >= 4 is 28.2 Å². The lowest BCUT2D eigenvalue weighted by Gasteiger charge is -2.31. The third kappa shape index (κ3) is 2.72. The Morgan fingerprint density at radius 2 is 1.90 bits per heavy atom. The molecule has 1 aliphatic heterocycles. The number of fused-ring (bicyclic) bond motifs is 1. The fourth-order valence-electron chi connectivity index (χ4n) is 2.76. The Morgan fingerprint density at radius 3 is 2.60 bits per heavy atom. The molecular weight excluding hydrogens is 272 g/mol. The van der Waals surface area contributed by atoms with Crippen molar-refractivity contribution in [3.05, 3.63) is 29.4 Å². The SMILES string of the molecule is CCN1CCC(Nc2nnc(Cl)c3ccccc23)CC1. The van der Waals surface area contributed by atoms with Crippen LogP contribution >= 0.6 is 11.6 Å². The van der Waals surface area contributed by atoms with Crippen molar-refractivity contribution in [1.29, 1.82) is 0 Å². The van der Waals surface area contributed by atoms with Crippen molar-refractivity contribution in [2.24, 2.45) is 0 Å². The van der Waals surface area contributed by atoms with E-state index < -0.39 is 0 Å². The van der Waals surface area contributed by atoms with E-state index in [2.05, 4.69) is 27.3 Å². The molecule has 1 aromatic heterocycles. The molecule has 5 heteroatoms. The summed E-state index contributed by atoms with van der Waals surface area (Å²) in [6.45, 7) is 5.64. The molecule has 0 radical (unpaired) electrons. The average molecular weight is 291 g/mol. The van der Waals surface area contributed by atoms with Crippen molar-refractivity contribution < 1.29 is 0 Å². The summed E-state index contributed by atoms with van der Waals surface area (Å²) in [4.78, 5) is 2.48. The van der Waals surface area contributed by atoms with Gasteiger partial charge in [-0.25, -0.2) is 0 Å². The highest BCUT2D eigenvalue weighted by molar-refractivity contribution is 6.34. The number of nitrogens with zero attached hydrogens (tertiary/aromatic N) is 3. The molecule has 0 spiro atoms. The minimum Gasteiger partial charge on any atom is -0.365 e. The van der Waals surface area contributed by atoms with Crippen LogP contribution in [0.4, 0.5) is 5.82 Å². The van der Waals surface area contributed by atoms with Crippen LogP contribution in [-0.2, 0) is 0 Å². The van der Waals surface area contributed by atoms with Crippen LogP contribution in [0.2, 0.25) is 5.15 Å². The van der Waals surface area contributed by atoms with Crippen LogP contribution < -0.4 is 5.32 Å². The zero-order valence-corrected chi connectivity index (χ0v) is 12.4. The van der Waals surface area contributed by atoms with Crippen LogP contribution in [0.3, 0.4) is 0 Å². The lowest BCUT2D eigenvalue weighted by Crippen LogP contribution is -2.39. The van der Waals surface area contributed by atoms with Crippen molar-refractivity contribution in [1.82, 2.24) is 15.1 Å². The highest BCUT2D eigenvalue weighted by atomic mass is 35.5. The lowest BCUT2D eigenvalue weighted by atomic mass is 10.0. The van der Waals surface area contributed by atoms with Gasteiger partial charge >= 0.3 is 0 Å². The van der Waals surface area contributed by atoms with E-state index >= 15 is 0 Å². The topological polar surface area (TPSA) is 41.0 Å². The van der Waals surface area contributed by atoms with Gasteiger partial charge in [-0.1, -0.05) is 42.8 Å². The summed E-state index contributed by atoms with van der Waals surface area (Å²) in [5.74, 6) is 0.847. The highest BCUT2D eigenvalue weighted by Gasteiger charge is 2.19. The van der Waals surface area contributed by atoms with Crippen LogP contribution in [0.25, 0.3) is 10.8 Å². The molecule has 1 fully saturated rings. The maximum Gasteiger partial charge on any atom is 0.159 e. The Labute approximate surface area is 124 Å². The van der Waals surface area contributed by atoms with Gasteiger partial charge in [-0.3, -0.25) is 0 Å². The molecule has 2 heterocycles. The summed E-state index contributed by atoms with van der Waals surface area (Å²) in [7, 11) is 0. The first kappa shape index (κ1) is 13.6. The van der Waals surface area contributed by atoms with Crippen molar-refractivity contribution in [3.63, 3.8) is 0 Å². The van der Waals surface area contributed by atoms with E-state index in [1.807, 2.05) is 24.3 Å². The molecule has 1 N–H and O–H groups in total. The Hall–Kier alpha value is -1.39. The number of piperidine rings is 1. The molecular formula is C15H19ClN4. The normalized spacial score (nSPS) is 17.5. The lowest BCUT2D eigenvalue weighted by molar-refractivity contribution is 0.229. The van der Waals surface area contributed by atoms with Crippen molar-refractivity contribution in [2.45, 2.75) is 25.8 Å². The first-order valence-corrected chi connectivity index (χ1v) is 7.55. The number of hydrogen-bond acceptors (Lipinski definition) is 4. The Balaban J connectivity index is 1.80. The molecule has 0 amide bonds. The van der Waals surface area contributed by atoms with Gasteiger partial charge in [-0.2, -0.15) is 0 Å². The standard InChI is InChI=1S/C15H19ClN4/c1-2-20-9-7-11(8-10-20)17-15-13-6-4-3-5-12(13)14(16)18-19-15/h3-6,11H,2,7-10H2,1H3,(H,17,19). The maximum absolute atomic E-state index is 6.10. The number of rotatable bonds is 3. The predicted molar refractivity (Wildman–Crippen MR) is 83.3 cm³/mol. The minimum atomic E-state index is 0.465. The van der Waals surface area contributed by atoms with Crippen LogP contribution in [0.15, 0.2) is 24.3 Å². The monoisotopic (exact) mass is 290 g/mol. The van der Waals surface area contributed by atoms with Crippen LogP contribution in [0, 0.1) is 0 Å². The van der Waals surface area contributed by atoms with E-state index in [4.69, 9.17) is 11.6 Å². The zero-order valence-electron chi connectivity index (χ0n) is 11.6. The van der Waals surface area contributed by atoms with Gasteiger partial charge in [-0.15, -0.1) is 10.2 Å². The van der Waals surface area contributed by atoms with Crippen LogP contribution in [-0.4, -0.2) is 40.8 Å². The molecule has 106 valence electrons. The third-order valence-electron chi connectivity index (χ3n) is 4.02. The minimum absolute atomic E-state index is 0.465. The predicted octanol–water partition coefficient (Wildman–Crippen LogP) is 3.18. The third-order valence-corrected chi connectivity index (χ3v) is 4.30. The molecule has 0 unspecified atom stereocenters. The van der Waals surface area contributed by atoms with Gasteiger partial charge in [0.05, 0.1) is 0 Å². The first-order valence-electron chi connectivity index (χ1n) is 7.17. The van der Waals surface area contributed by atoms with Crippen molar-refractivity contribution in [2.75, 3.05) is 25.0 Å². The van der Waals surface area contributed by atoms with E-state index in [9.17, 15) is 0 Å². The molecule has 0 aliphatic carbocycles. The van der Waals surface area contributed by atoms with Gasteiger partial charge < -0.3 is 10.2 Å². The van der Waals surface area contributed by atoms with Gasteiger partial charge in [-0.05, 0) is 19.4 Å². The number of halogens is 1. The zero-order chi connectivity index (χ0) is 13.9. The van der Waals surface area contributed by atoms with E-state index in [-0.39, 0.29) is 0 Å². The molecule has 2 aromatic rings. The average Bonchev–Trinajstić information content (AvgIpc) is 2.51. The number of aromatic nitrogens is 2. The Kier molecular flexibility index (Phi) is 4.03. The van der Waals surface area contributed by atoms with Gasteiger partial charge in [0.1, 0.15) is 0 Å². The summed E-state index contributed by atoms with van der Waals surface area (Å²) in [6, 6.07) is 8.47. The molecule has 1 aliphatic rings. The summed E-state index contributed by atoms with van der Waals surface area (Å²) >= 11 is 6.10. The van der Waals surface area contributed by atoms with E-state index in [0.717, 1.165) is 49.1 Å². The smallest absolute Gasteiger partial charge is 0.159 e. The summed E-state index contributed by atoms with van der Waals surface area (Å²) in [5, 5.41) is 14.3. The van der Waals surface area contributed by atoms with Gasteiger partial charge in [0.15, 0.2) is 11.0 Å². The molecule has 1 saturated heterocycles. The highest BCUT2D eigenvalue weighted by Crippen LogP contribution is 2.27. The molecule has 0 saturated carbocycles. The number of anilines is 1. The second-order valence-corrected chi connectivity index (χ2v) is 5.60. The maximum atomic E-state index is 6.10. The van der Waals surface area contributed by atoms with E-state index in [1.54, 1.807) is 0 Å². The van der Waals surface area contributed by atoms with E-state index in [1.165, 1.54) is 0 Å². The summed E-state index contributed by atoms with van der Waals surface area (Å²) in [6.07, 6.45) is 2.29. The number of likely N-dealkylation sites (tertiary alicyclic amines) is 1. The molecule has 1 aromatic carbocycles. The van der Waals surface area contributed by atoms with Crippen LogP contribution in [0.1, 0.15) is 19.8 Å². The summed E-state index contributed by atoms with van der Waals surface area (Å²) < 4.78 is 0. The van der Waals surface area contributed by atoms with Gasteiger partial charge in [0.25, 0.3) is 0 Å².